The summed E-state index contributed by atoms with van der Waals surface area (Å²) in [5.41, 5.74) is 0.759. The van der Waals surface area contributed by atoms with Crippen molar-refractivity contribution in [1.82, 2.24) is 5.32 Å². The molecule has 1 amide bonds. The maximum absolute atomic E-state index is 12.7. The molecule has 0 saturated heterocycles. The average Bonchev–Trinajstić information content (AvgIpc) is 3.17. The highest BCUT2D eigenvalue weighted by molar-refractivity contribution is 8.00. The Hall–Kier alpha value is -2.34. The van der Waals surface area contributed by atoms with Gasteiger partial charge in [0, 0.05) is 4.90 Å². The van der Waals surface area contributed by atoms with E-state index in [1.807, 2.05) is 30.3 Å². The van der Waals surface area contributed by atoms with Crippen molar-refractivity contribution in [2.45, 2.75) is 36.1 Å². The molecular formula is C21H23NO4S. The minimum Gasteiger partial charge on any atom is -0.508 e. The SMILES string of the molecule is O=C(CSc1ccc(O)cc1)NC1(c2ccc3c(c2)OCCO3)CCCC1. The van der Waals surface area contributed by atoms with E-state index in [-0.39, 0.29) is 17.2 Å². The molecule has 0 spiro atoms. The van der Waals surface area contributed by atoms with Crippen LogP contribution >= 0.6 is 11.8 Å². The molecule has 6 heteroatoms. The minimum absolute atomic E-state index is 0.0184. The van der Waals surface area contributed by atoms with Crippen LogP contribution < -0.4 is 14.8 Å². The number of thioether (sulfide) groups is 1. The first-order valence-corrected chi connectivity index (χ1v) is 10.3. The molecule has 2 aromatic carbocycles. The highest BCUT2D eigenvalue weighted by Gasteiger charge is 2.37. The topological polar surface area (TPSA) is 67.8 Å². The highest BCUT2D eigenvalue weighted by Crippen LogP contribution is 2.42. The number of hydrogen-bond acceptors (Lipinski definition) is 5. The molecule has 4 rings (SSSR count). The number of aromatic hydroxyl groups is 1. The van der Waals surface area contributed by atoms with Gasteiger partial charge < -0.3 is 19.9 Å². The number of phenolic OH excluding ortho intramolecular Hbond substituents is 1. The molecule has 1 aliphatic heterocycles. The first kappa shape index (κ1) is 18.0. The van der Waals surface area contributed by atoms with Crippen LogP contribution in [0.4, 0.5) is 0 Å². The molecule has 5 nitrogen and oxygen atoms in total. The van der Waals surface area contributed by atoms with Gasteiger partial charge in [-0.25, -0.2) is 0 Å². The summed E-state index contributed by atoms with van der Waals surface area (Å²) >= 11 is 1.47. The Bertz CT molecular complexity index is 815. The fourth-order valence-corrected chi connectivity index (χ4v) is 4.50. The number of carbonyl (C=O) groups excluding carboxylic acids is 1. The molecule has 0 atom stereocenters. The van der Waals surface area contributed by atoms with Crippen LogP contribution in [0, 0.1) is 0 Å². The lowest BCUT2D eigenvalue weighted by molar-refractivity contribution is -0.120. The van der Waals surface area contributed by atoms with Crippen molar-refractivity contribution in [3.8, 4) is 17.2 Å². The van der Waals surface area contributed by atoms with Gasteiger partial charge in [0.1, 0.15) is 19.0 Å². The summed E-state index contributed by atoms with van der Waals surface area (Å²) in [6.45, 7) is 1.13. The number of phenols is 1. The molecule has 2 aliphatic rings. The second-order valence-corrected chi connectivity index (χ2v) is 8.03. The Labute approximate surface area is 163 Å². The minimum atomic E-state index is -0.331. The third kappa shape index (κ3) is 4.00. The van der Waals surface area contributed by atoms with Crippen molar-refractivity contribution in [3.63, 3.8) is 0 Å². The van der Waals surface area contributed by atoms with Gasteiger partial charge in [-0.2, -0.15) is 0 Å². The number of carbonyl (C=O) groups is 1. The highest BCUT2D eigenvalue weighted by atomic mass is 32.2. The van der Waals surface area contributed by atoms with Gasteiger partial charge in [0.25, 0.3) is 0 Å². The van der Waals surface area contributed by atoms with Gasteiger partial charge in [-0.15, -0.1) is 11.8 Å². The van der Waals surface area contributed by atoms with E-state index < -0.39 is 0 Å². The predicted molar refractivity (Wildman–Crippen MR) is 105 cm³/mol. The van der Waals surface area contributed by atoms with E-state index in [4.69, 9.17) is 9.47 Å². The molecule has 1 saturated carbocycles. The first-order valence-electron chi connectivity index (χ1n) is 9.28. The van der Waals surface area contributed by atoms with Crippen LogP contribution in [0.1, 0.15) is 31.2 Å². The predicted octanol–water partition coefficient (Wildman–Crippen LogP) is 3.84. The number of amides is 1. The zero-order valence-electron chi connectivity index (χ0n) is 15.1. The lowest BCUT2D eigenvalue weighted by Gasteiger charge is -2.32. The van der Waals surface area contributed by atoms with Crippen molar-refractivity contribution in [2.24, 2.45) is 0 Å². The molecule has 1 heterocycles. The van der Waals surface area contributed by atoms with Crippen LogP contribution in [-0.4, -0.2) is 30.0 Å². The van der Waals surface area contributed by atoms with Gasteiger partial charge in [-0.1, -0.05) is 18.9 Å². The normalized spacial score (nSPS) is 17.5. The van der Waals surface area contributed by atoms with Crippen LogP contribution in [0.15, 0.2) is 47.4 Å². The largest absolute Gasteiger partial charge is 0.508 e. The quantitative estimate of drug-likeness (QED) is 0.766. The van der Waals surface area contributed by atoms with Crippen molar-refractivity contribution < 1.29 is 19.4 Å². The van der Waals surface area contributed by atoms with E-state index in [0.29, 0.717) is 19.0 Å². The number of hydrogen-bond donors (Lipinski definition) is 2. The maximum Gasteiger partial charge on any atom is 0.231 e. The summed E-state index contributed by atoms with van der Waals surface area (Å²) in [6, 6.07) is 12.9. The molecule has 27 heavy (non-hydrogen) atoms. The Morgan fingerprint density at radius 1 is 1.04 bits per heavy atom. The molecule has 0 radical (unpaired) electrons. The molecule has 142 valence electrons. The van der Waals surface area contributed by atoms with Crippen molar-refractivity contribution in [3.05, 3.63) is 48.0 Å². The molecule has 2 aromatic rings. The van der Waals surface area contributed by atoms with Gasteiger partial charge in [-0.3, -0.25) is 4.79 Å². The Morgan fingerprint density at radius 2 is 1.74 bits per heavy atom. The fourth-order valence-electron chi connectivity index (χ4n) is 3.80. The van der Waals surface area contributed by atoms with E-state index in [1.54, 1.807) is 12.1 Å². The van der Waals surface area contributed by atoms with E-state index >= 15 is 0 Å². The maximum atomic E-state index is 12.7. The van der Waals surface area contributed by atoms with Gasteiger partial charge >= 0.3 is 0 Å². The fraction of sp³-hybridized carbons (Fsp3) is 0.381. The van der Waals surface area contributed by atoms with Crippen molar-refractivity contribution >= 4 is 17.7 Å². The Morgan fingerprint density at radius 3 is 2.48 bits per heavy atom. The summed E-state index contributed by atoms with van der Waals surface area (Å²) in [5.74, 6) is 2.12. The summed E-state index contributed by atoms with van der Waals surface area (Å²) in [7, 11) is 0. The summed E-state index contributed by atoms with van der Waals surface area (Å²) in [6.07, 6.45) is 4.06. The van der Waals surface area contributed by atoms with Crippen LogP contribution in [0.2, 0.25) is 0 Å². The smallest absolute Gasteiger partial charge is 0.231 e. The van der Waals surface area contributed by atoms with Crippen molar-refractivity contribution in [2.75, 3.05) is 19.0 Å². The van der Waals surface area contributed by atoms with Crippen LogP contribution in [0.5, 0.6) is 17.2 Å². The standard InChI is InChI=1S/C21H23NO4S/c23-16-4-6-17(7-5-16)27-14-20(24)22-21(9-1-2-10-21)15-3-8-18-19(13-15)26-12-11-25-18/h3-8,13,23H,1-2,9-12,14H2,(H,22,24). The first-order chi connectivity index (χ1) is 13.1. The molecule has 1 aliphatic carbocycles. The van der Waals surface area contributed by atoms with Crippen LogP contribution in [0.25, 0.3) is 0 Å². The monoisotopic (exact) mass is 385 g/mol. The number of benzene rings is 2. The van der Waals surface area contributed by atoms with Crippen LogP contribution in [-0.2, 0) is 10.3 Å². The average molecular weight is 385 g/mol. The Kier molecular flexibility index (Phi) is 5.16. The Balaban J connectivity index is 1.47. The van der Waals surface area contributed by atoms with Crippen LogP contribution in [0.3, 0.4) is 0 Å². The van der Waals surface area contributed by atoms with Gasteiger partial charge in [0.15, 0.2) is 11.5 Å². The molecule has 0 bridgehead atoms. The zero-order chi connectivity index (χ0) is 18.7. The molecule has 0 unspecified atom stereocenters. The third-order valence-corrected chi connectivity index (χ3v) is 6.15. The lowest BCUT2D eigenvalue weighted by Crippen LogP contribution is -2.44. The number of nitrogens with one attached hydrogen (secondary N) is 1. The lowest BCUT2D eigenvalue weighted by atomic mass is 9.87. The van der Waals surface area contributed by atoms with Crippen molar-refractivity contribution in [1.29, 1.82) is 0 Å². The van der Waals surface area contributed by atoms with Gasteiger partial charge in [0.2, 0.25) is 5.91 Å². The number of ether oxygens (including phenoxy) is 2. The number of rotatable bonds is 5. The number of fused-ring (bicyclic) bond motifs is 1. The summed E-state index contributed by atoms with van der Waals surface area (Å²) in [4.78, 5) is 13.6. The van der Waals surface area contributed by atoms with E-state index in [9.17, 15) is 9.90 Å². The molecular weight excluding hydrogens is 362 g/mol. The van der Waals surface area contributed by atoms with Gasteiger partial charge in [0.05, 0.1) is 11.3 Å². The third-order valence-electron chi connectivity index (χ3n) is 5.14. The van der Waals surface area contributed by atoms with Gasteiger partial charge in [-0.05, 0) is 54.8 Å². The molecule has 1 fully saturated rings. The summed E-state index contributed by atoms with van der Waals surface area (Å²) < 4.78 is 11.3. The van der Waals surface area contributed by atoms with E-state index in [1.165, 1.54) is 11.8 Å². The second-order valence-electron chi connectivity index (χ2n) is 6.98. The van der Waals surface area contributed by atoms with E-state index in [2.05, 4.69) is 5.32 Å². The molecule has 2 N–H and O–H groups in total. The van der Waals surface area contributed by atoms with E-state index in [0.717, 1.165) is 47.6 Å². The molecule has 0 aromatic heterocycles. The summed E-state index contributed by atoms with van der Waals surface area (Å²) in [5, 5.41) is 12.7. The second kappa shape index (κ2) is 7.72. The zero-order valence-corrected chi connectivity index (χ0v) is 15.9.